The average Bonchev–Trinajstić information content (AvgIpc) is 2.88. The van der Waals surface area contributed by atoms with Crippen molar-refractivity contribution in [2.45, 2.75) is 38.1 Å². The average molecular weight is 267 g/mol. The predicted molar refractivity (Wildman–Crippen MR) is 73.6 cm³/mol. The zero-order chi connectivity index (χ0) is 13.8. The Kier molecular flexibility index (Phi) is 4.80. The van der Waals surface area contributed by atoms with Crippen LogP contribution in [0, 0.1) is 5.92 Å². The fraction of sp³-hybridized carbons (Fsp3) is 0.857. The minimum absolute atomic E-state index is 0.0659. The van der Waals surface area contributed by atoms with Crippen LogP contribution in [0.2, 0.25) is 0 Å². The molecule has 2 saturated heterocycles. The van der Waals surface area contributed by atoms with Gasteiger partial charge in [-0.25, -0.2) is 0 Å². The minimum Gasteiger partial charge on any atom is -0.347 e. The van der Waals surface area contributed by atoms with Crippen LogP contribution in [0.25, 0.3) is 0 Å². The van der Waals surface area contributed by atoms with Gasteiger partial charge in [0.25, 0.3) is 0 Å². The van der Waals surface area contributed by atoms with Gasteiger partial charge < -0.3 is 15.1 Å². The zero-order valence-corrected chi connectivity index (χ0v) is 12.0. The third kappa shape index (κ3) is 3.47. The van der Waals surface area contributed by atoms with Crippen LogP contribution in [0.15, 0.2) is 0 Å². The van der Waals surface area contributed by atoms with Gasteiger partial charge in [0.1, 0.15) is 6.04 Å². The van der Waals surface area contributed by atoms with Crippen LogP contribution in [-0.2, 0) is 9.59 Å². The van der Waals surface area contributed by atoms with E-state index in [-0.39, 0.29) is 17.9 Å². The smallest absolute Gasteiger partial charge is 0.244 e. The highest BCUT2D eigenvalue weighted by Crippen LogP contribution is 2.23. The molecule has 2 rings (SSSR count). The largest absolute Gasteiger partial charge is 0.347 e. The molecule has 0 spiro atoms. The Morgan fingerprint density at radius 1 is 1.21 bits per heavy atom. The van der Waals surface area contributed by atoms with Gasteiger partial charge >= 0.3 is 0 Å². The summed E-state index contributed by atoms with van der Waals surface area (Å²) in [5.41, 5.74) is 0. The van der Waals surface area contributed by atoms with Gasteiger partial charge in [-0.2, -0.15) is 0 Å². The number of hydrogen-bond donors (Lipinski definition) is 1. The van der Waals surface area contributed by atoms with E-state index in [1.165, 1.54) is 0 Å². The van der Waals surface area contributed by atoms with E-state index in [2.05, 4.69) is 5.32 Å². The molecule has 5 nitrogen and oxygen atoms in total. The first-order valence-electron chi connectivity index (χ1n) is 7.31. The Bertz CT molecular complexity index is 338. The zero-order valence-electron chi connectivity index (χ0n) is 12.0. The van der Waals surface area contributed by atoms with Crippen molar-refractivity contribution < 1.29 is 9.59 Å². The third-order valence-corrected chi connectivity index (χ3v) is 4.22. The third-order valence-electron chi connectivity index (χ3n) is 4.22. The summed E-state index contributed by atoms with van der Waals surface area (Å²) in [6.07, 6.45) is 4.52. The highest BCUT2D eigenvalue weighted by Gasteiger charge is 2.35. The summed E-state index contributed by atoms with van der Waals surface area (Å²) >= 11 is 0. The molecule has 2 amide bonds. The number of likely N-dealkylation sites (N-methyl/N-ethyl adjacent to an activating group) is 1. The molecular weight excluding hydrogens is 242 g/mol. The number of nitrogens with one attached hydrogen (secondary N) is 1. The fourth-order valence-electron chi connectivity index (χ4n) is 3.07. The quantitative estimate of drug-likeness (QED) is 0.808. The molecule has 1 atom stereocenters. The first kappa shape index (κ1) is 14.3. The fourth-order valence-corrected chi connectivity index (χ4v) is 3.07. The second kappa shape index (κ2) is 6.37. The molecule has 2 fully saturated rings. The highest BCUT2D eigenvalue weighted by atomic mass is 16.2. The van der Waals surface area contributed by atoms with E-state index < -0.39 is 0 Å². The lowest BCUT2D eigenvalue weighted by molar-refractivity contribution is -0.142. The van der Waals surface area contributed by atoms with Crippen LogP contribution in [-0.4, -0.2) is 61.4 Å². The van der Waals surface area contributed by atoms with Crippen LogP contribution >= 0.6 is 0 Å². The number of rotatable bonds is 3. The Hall–Kier alpha value is -1.10. The van der Waals surface area contributed by atoms with E-state index in [0.29, 0.717) is 12.3 Å². The second-order valence-corrected chi connectivity index (χ2v) is 5.88. The molecule has 0 aromatic carbocycles. The van der Waals surface area contributed by atoms with Crippen molar-refractivity contribution in [3.05, 3.63) is 0 Å². The molecule has 2 heterocycles. The van der Waals surface area contributed by atoms with E-state index >= 15 is 0 Å². The lowest BCUT2D eigenvalue weighted by atomic mass is 9.94. The van der Waals surface area contributed by atoms with Crippen molar-refractivity contribution in [1.82, 2.24) is 15.1 Å². The summed E-state index contributed by atoms with van der Waals surface area (Å²) in [5.74, 6) is 0.727. The summed E-state index contributed by atoms with van der Waals surface area (Å²) in [6.45, 7) is 2.77. The van der Waals surface area contributed by atoms with Crippen LogP contribution in [0.3, 0.4) is 0 Å². The topological polar surface area (TPSA) is 52.7 Å². The van der Waals surface area contributed by atoms with Gasteiger partial charge in [-0.05, 0) is 44.7 Å². The van der Waals surface area contributed by atoms with Gasteiger partial charge in [-0.1, -0.05) is 0 Å². The first-order chi connectivity index (χ1) is 9.09. The number of likely N-dealkylation sites (tertiary alicyclic amines) is 1. The first-order valence-corrected chi connectivity index (χ1v) is 7.31. The van der Waals surface area contributed by atoms with Crippen molar-refractivity contribution in [3.8, 4) is 0 Å². The SMILES string of the molecule is CN(C)C(=O)C1CCCN1C(=O)CC1CCNCC1. The molecule has 1 N–H and O–H groups in total. The van der Waals surface area contributed by atoms with Crippen molar-refractivity contribution in [3.63, 3.8) is 0 Å². The van der Waals surface area contributed by atoms with E-state index in [4.69, 9.17) is 0 Å². The Labute approximate surface area is 115 Å². The molecular formula is C14H25N3O2. The van der Waals surface area contributed by atoms with Crippen LogP contribution < -0.4 is 5.32 Å². The normalized spacial score (nSPS) is 24.5. The molecule has 2 aliphatic heterocycles. The van der Waals surface area contributed by atoms with E-state index in [9.17, 15) is 9.59 Å². The molecule has 0 bridgehead atoms. The molecule has 1 unspecified atom stereocenters. The van der Waals surface area contributed by atoms with E-state index in [1.54, 1.807) is 19.0 Å². The molecule has 0 aromatic heterocycles. The van der Waals surface area contributed by atoms with Gasteiger partial charge in [0, 0.05) is 27.1 Å². The molecule has 0 aliphatic carbocycles. The Morgan fingerprint density at radius 2 is 1.89 bits per heavy atom. The molecule has 108 valence electrons. The lowest BCUT2D eigenvalue weighted by Crippen LogP contribution is -2.46. The van der Waals surface area contributed by atoms with Gasteiger partial charge in [-0.15, -0.1) is 0 Å². The molecule has 19 heavy (non-hydrogen) atoms. The summed E-state index contributed by atoms with van der Waals surface area (Å²) in [6, 6.07) is -0.218. The van der Waals surface area contributed by atoms with Gasteiger partial charge in [0.2, 0.25) is 11.8 Å². The number of piperidine rings is 1. The Morgan fingerprint density at radius 3 is 2.53 bits per heavy atom. The maximum atomic E-state index is 12.4. The lowest BCUT2D eigenvalue weighted by Gasteiger charge is -2.29. The van der Waals surface area contributed by atoms with Crippen molar-refractivity contribution in [2.75, 3.05) is 33.7 Å². The standard InChI is InChI=1S/C14H25N3O2/c1-16(2)14(19)12-4-3-9-17(12)13(18)10-11-5-7-15-8-6-11/h11-12,15H,3-10H2,1-2H3. The molecule has 0 radical (unpaired) electrons. The van der Waals surface area contributed by atoms with Crippen LogP contribution in [0.1, 0.15) is 32.1 Å². The number of amides is 2. The number of carbonyl (C=O) groups is 2. The number of carbonyl (C=O) groups excluding carboxylic acids is 2. The Balaban J connectivity index is 1.91. The summed E-state index contributed by atoms with van der Waals surface area (Å²) in [7, 11) is 3.52. The predicted octanol–water partition coefficient (Wildman–Crippen LogP) is 0.455. The van der Waals surface area contributed by atoms with E-state index in [1.807, 2.05) is 4.90 Å². The van der Waals surface area contributed by atoms with Gasteiger partial charge in [0.05, 0.1) is 0 Å². The van der Waals surface area contributed by atoms with Crippen molar-refractivity contribution >= 4 is 11.8 Å². The molecule has 5 heteroatoms. The van der Waals surface area contributed by atoms with Crippen molar-refractivity contribution in [1.29, 1.82) is 0 Å². The van der Waals surface area contributed by atoms with Crippen LogP contribution in [0.5, 0.6) is 0 Å². The van der Waals surface area contributed by atoms with Crippen molar-refractivity contribution in [2.24, 2.45) is 5.92 Å². The summed E-state index contributed by atoms with van der Waals surface area (Å²) < 4.78 is 0. The summed E-state index contributed by atoms with van der Waals surface area (Å²) in [5, 5.41) is 3.31. The second-order valence-electron chi connectivity index (χ2n) is 5.88. The maximum Gasteiger partial charge on any atom is 0.244 e. The van der Waals surface area contributed by atoms with Gasteiger partial charge in [-0.3, -0.25) is 9.59 Å². The van der Waals surface area contributed by atoms with Crippen LogP contribution in [0.4, 0.5) is 0 Å². The number of nitrogens with zero attached hydrogens (tertiary/aromatic N) is 2. The molecule has 2 aliphatic rings. The molecule has 0 aromatic rings. The summed E-state index contributed by atoms with van der Waals surface area (Å²) in [4.78, 5) is 27.9. The number of hydrogen-bond acceptors (Lipinski definition) is 3. The monoisotopic (exact) mass is 267 g/mol. The minimum atomic E-state index is -0.218. The maximum absolute atomic E-state index is 12.4. The van der Waals surface area contributed by atoms with E-state index in [0.717, 1.165) is 45.3 Å². The van der Waals surface area contributed by atoms with Gasteiger partial charge in [0.15, 0.2) is 0 Å². The highest BCUT2D eigenvalue weighted by molar-refractivity contribution is 5.88. The molecule has 0 saturated carbocycles.